The number of pyridine rings is 1. The highest BCUT2D eigenvalue weighted by Gasteiger charge is 2.29. The van der Waals surface area contributed by atoms with E-state index in [1.54, 1.807) is 6.07 Å². The zero-order valence-electron chi connectivity index (χ0n) is 12.0. The first-order valence-corrected chi connectivity index (χ1v) is 7.01. The van der Waals surface area contributed by atoms with E-state index in [9.17, 15) is 22.4 Å². The molecule has 0 bridgehead atoms. The van der Waals surface area contributed by atoms with Crippen molar-refractivity contribution in [3.05, 3.63) is 58.5 Å². The van der Waals surface area contributed by atoms with Gasteiger partial charge in [0.25, 0.3) is 5.91 Å². The van der Waals surface area contributed by atoms with Crippen LogP contribution in [0.15, 0.2) is 36.5 Å². The van der Waals surface area contributed by atoms with E-state index in [1.807, 2.05) is 0 Å². The van der Waals surface area contributed by atoms with Gasteiger partial charge in [-0.2, -0.15) is 13.2 Å². The van der Waals surface area contributed by atoms with Crippen molar-refractivity contribution in [2.45, 2.75) is 12.7 Å². The number of nitrogens with one attached hydrogen (secondary N) is 1. The lowest BCUT2D eigenvalue weighted by Gasteiger charge is -2.10. The van der Waals surface area contributed by atoms with Gasteiger partial charge < -0.3 is 10.1 Å². The predicted molar refractivity (Wildman–Crippen MR) is 78.4 cm³/mol. The summed E-state index contributed by atoms with van der Waals surface area (Å²) in [6.07, 6.45) is -3.50. The maximum atomic E-state index is 13.4. The fourth-order valence-electron chi connectivity index (χ4n) is 1.73. The molecule has 4 nitrogen and oxygen atoms in total. The summed E-state index contributed by atoms with van der Waals surface area (Å²) in [5, 5.41) is 2.22. The Morgan fingerprint density at radius 1 is 1.29 bits per heavy atom. The van der Waals surface area contributed by atoms with Crippen LogP contribution >= 0.6 is 11.6 Å². The smallest absolute Gasteiger partial charge is 0.422 e. The summed E-state index contributed by atoms with van der Waals surface area (Å²) in [4.78, 5) is 15.5. The van der Waals surface area contributed by atoms with Crippen LogP contribution in [0.5, 0.6) is 5.88 Å². The fourth-order valence-corrected chi connectivity index (χ4v) is 1.95. The third kappa shape index (κ3) is 5.09. The van der Waals surface area contributed by atoms with Crippen LogP contribution in [-0.2, 0) is 6.54 Å². The summed E-state index contributed by atoms with van der Waals surface area (Å²) in [6.45, 7) is -1.60. The molecule has 0 spiro atoms. The molecule has 1 aromatic carbocycles. The Balaban J connectivity index is 2.00. The highest BCUT2D eigenvalue weighted by molar-refractivity contribution is 6.32. The molecule has 9 heteroatoms. The largest absolute Gasteiger partial charge is 0.467 e. The highest BCUT2D eigenvalue weighted by Crippen LogP contribution is 2.25. The number of ether oxygens (including phenoxy) is 1. The minimum absolute atomic E-state index is 0.00991. The van der Waals surface area contributed by atoms with Gasteiger partial charge in [0.05, 0.1) is 5.56 Å². The summed E-state index contributed by atoms with van der Waals surface area (Å²) in [6, 6.07) is 7.03. The summed E-state index contributed by atoms with van der Waals surface area (Å²) >= 11 is 5.75. The van der Waals surface area contributed by atoms with Crippen LogP contribution in [0.25, 0.3) is 0 Å². The molecule has 0 atom stereocenters. The van der Waals surface area contributed by atoms with Crippen LogP contribution in [0.3, 0.4) is 0 Å². The van der Waals surface area contributed by atoms with Crippen LogP contribution in [-0.4, -0.2) is 23.7 Å². The first-order valence-electron chi connectivity index (χ1n) is 6.63. The third-order valence-corrected chi connectivity index (χ3v) is 3.11. The zero-order chi connectivity index (χ0) is 17.7. The van der Waals surface area contributed by atoms with Crippen molar-refractivity contribution in [3.63, 3.8) is 0 Å². The number of carbonyl (C=O) groups is 1. The van der Waals surface area contributed by atoms with E-state index in [0.717, 1.165) is 12.3 Å². The molecule has 0 saturated carbocycles. The number of halogens is 5. The maximum Gasteiger partial charge on any atom is 0.422 e. The van der Waals surface area contributed by atoms with Crippen molar-refractivity contribution in [1.29, 1.82) is 0 Å². The SMILES string of the molecule is O=C(NCc1ccccc1F)c1cnc(OCC(F)(F)F)c(Cl)c1. The first-order chi connectivity index (χ1) is 11.3. The van der Waals surface area contributed by atoms with Crippen molar-refractivity contribution in [2.75, 3.05) is 6.61 Å². The van der Waals surface area contributed by atoms with Gasteiger partial charge in [-0.25, -0.2) is 9.37 Å². The Labute approximate surface area is 139 Å². The first kappa shape index (κ1) is 18.0. The minimum Gasteiger partial charge on any atom is -0.467 e. The number of alkyl halides is 3. The van der Waals surface area contributed by atoms with Crippen molar-refractivity contribution in [3.8, 4) is 5.88 Å². The van der Waals surface area contributed by atoms with Gasteiger partial charge in [0.2, 0.25) is 5.88 Å². The summed E-state index contributed by atoms with van der Waals surface area (Å²) in [5.74, 6) is -1.50. The normalized spacial score (nSPS) is 11.2. The lowest BCUT2D eigenvalue weighted by atomic mass is 10.2. The zero-order valence-corrected chi connectivity index (χ0v) is 12.8. The van der Waals surface area contributed by atoms with E-state index < -0.39 is 30.4 Å². The molecule has 2 aromatic rings. The van der Waals surface area contributed by atoms with E-state index in [-0.39, 0.29) is 22.7 Å². The fraction of sp³-hybridized carbons (Fsp3) is 0.200. The van der Waals surface area contributed by atoms with E-state index in [0.29, 0.717) is 0 Å². The van der Waals surface area contributed by atoms with Crippen molar-refractivity contribution < 1.29 is 27.1 Å². The van der Waals surface area contributed by atoms with Gasteiger partial charge in [-0.05, 0) is 12.1 Å². The second-order valence-electron chi connectivity index (χ2n) is 4.69. The number of aromatic nitrogens is 1. The Kier molecular flexibility index (Phi) is 5.61. The second kappa shape index (κ2) is 7.48. The number of hydrogen-bond acceptors (Lipinski definition) is 3. The van der Waals surface area contributed by atoms with E-state index in [1.165, 1.54) is 18.2 Å². The number of rotatable bonds is 5. The van der Waals surface area contributed by atoms with Gasteiger partial charge in [-0.3, -0.25) is 4.79 Å². The molecule has 0 saturated heterocycles. The molecule has 0 unspecified atom stereocenters. The molecule has 0 radical (unpaired) electrons. The molecular formula is C15H11ClF4N2O2. The van der Waals surface area contributed by atoms with Gasteiger partial charge >= 0.3 is 6.18 Å². The minimum atomic E-state index is -4.53. The molecule has 1 aromatic heterocycles. The second-order valence-corrected chi connectivity index (χ2v) is 5.10. The van der Waals surface area contributed by atoms with E-state index >= 15 is 0 Å². The predicted octanol–water partition coefficient (Wildman–Crippen LogP) is 3.75. The van der Waals surface area contributed by atoms with Gasteiger partial charge in [-0.1, -0.05) is 29.8 Å². The lowest BCUT2D eigenvalue weighted by molar-refractivity contribution is -0.154. The Hall–Kier alpha value is -2.35. The number of benzene rings is 1. The molecule has 2 rings (SSSR count). The van der Waals surface area contributed by atoms with E-state index in [4.69, 9.17) is 11.6 Å². The Morgan fingerprint density at radius 3 is 2.62 bits per heavy atom. The van der Waals surface area contributed by atoms with Gasteiger partial charge in [0.15, 0.2) is 6.61 Å². The third-order valence-electron chi connectivity index (χ3n) is 2.84. The molecular weight excluding hydrogens is 352 g/mol. The monoisotopic (exact) mass is 362 g/mol. The highest BCUT2D eigenvalue weighted by atomic mass is 35.5. The van der Waals surface area contributed by atoms with Crippen LogP contribution < -0.4 is 10.1 Å². The number of nitrogens with zero attached hydrogens (tertiary/aromatic N) is 1. The van der Waals surface area contributed by atoms with Gasteiger partial charge in [-0.15, -0.1) is 0 Å². The molecule has 1 N–H and O–H groups in total. The number of hydrogen-bond donors (Lipinski definition) is 1. The lowest BCUT2D eigenvalue weighted by Crippen LogP contribution is -2.24. The van der Waals surface area contributed by atoms with Crippen LogP contribution in [0, 0.1) is 5.82 Å². The average Bonchev–Trinajstić information content (AvgIpc) is 2.51. The standard InChI is InChI=1S/C15H11ClF4N2O2/c16-11-5-10(7-22-14(11)24-8-15(18,19)20)13(23)21-6-9-3-1-2-4-12(9)17/h1-5,7H,6,8H2,(H,21,23). The van der Waals surface area contributed by atoms with Crippen molar-refractivity contribution in [2.24, 2.45) is 0 Å². The Bertz CT molecular complexity index is 738. The molecule has 0 aliphatic rings. The summed E-state index contributed by atoms with van der Waals surface area (Å²) in [5.41, 5.74) is 0.297. The number of carbonyl (C=O) groups excluding carboxylic acids is 1. The maximum absolute atomic E-state index is 13.4. The van der Waals surface area contributed by atoms with Crippen LogP contribution in [0.1, 0.15) is 15.9 Å². The van der Waals surface area contributed by atoms with Crippen LogP contribution in [0.4, 0.5) is 17.6 Å². The molecule has 128 valence electrons. The van der Waals surface area contributed by atoms with Crippen molar-refractivity contribution >= 4 is 17.5 Å². The number of amides is 1. The Morgan fingerprint density at radius 2 is 2.00 bits per heavy atom. The summed E-state index contributed by atoms with van der Waals surface area (Å²) in [7, 11) is 0. The molecule has 24 heavy (non-hydrogen) atoms. The summed E-state index contributed by atoms with van der Waals surface area (Å²) < 4.78 is 54.1. The van der Waals surface area contributed by atoms with Crippen LogP contribution in [0.2, 0.25) is 5.02 Å². The quantitative estimate of drug-likeness (QED) is 0.824. The van der Waals surface area contributed by atoms with Gasteiger partial charge in [0.1, 0.15) is 10.8 Å². The average molecular weight is 363 g/mol. The molecule has 0 aliphatic heterocycles. The van der Waals surface area contributed by atoms with Gasteiger partial charge in [0, 0.05) is 18.3 Å². The van der Waals surface area contributed by atoms with Crippen molar-refractivity contribution in [1.82, 2.24) is 10.3 Å². The molecule has 0 fully saturated rings. The molecule has 1 heterocycles. The van der Waals surface area contributed by atoms with E-state index in [2.05, 4.69) is 15.0 Å². The topological polar surface area (TPSA) is 51.2 Å². The molecule has 1 amide bonds. The molecule has 0 aliphatic carbocycles.